The molecule has 0 aromatic heterocycles. The van der Waals surface area contributed by atoms with E-state index in [1.165, 1.54) is 5.56 Å². The Labute approximate surface area is 94.3 Å². The standard InChI is InChI=1S/C12H17BrO/c1-3-5-12(14)9(2)10-6-4-7-11(13)8-10/h4,6-9,12,14H,3,5H2,1-2H3. The van der Waals surface area contributed by atoms with Crippen molar-refractivity contribution in [2.75, 3.05) is 0 Å². The van der Waals surface area contributed by atoms with E-state index in [1.807, 2.05) is 12.1 Å². The van der Waals surface area contributed by atoms with E-state index in [1.54, 1.807) is 0 Å². The first-order chi connectivity index (χ1) is 6.65. The van der Waals surface area contributed by atoms with Gasteiger partial charge in [0.25, 0.3) is 0 Å². The van der Waals surface area contributed by atoms with E-state index < -0.39 is 0 Å². The van der Waals surface area contributed by atoms with Gasteiger partial charge >= 0.3 is 0 Å². The molecule has 0 aliphatic carbocycles. The molecule has 0 saturated heterocycles. The second-order valence-electron chi connectivity index (χ2n) is 3.70. The number of benzene rings is 1. The van der Waals surface area contributed by atoms with Gasteiger partial charge in [-0.2, -0.15) is 0 Å². The van der Waals surface area contributed by atoms with E-state index in [9.17, 15) is 5.11 Å². The first kappa shape index (κ1) is 11.7. The number of halogens is 1. The molecule has 1 N–H and O–H groups in total. The van der Waals surface area contributed by atoms with Gasteiger partial charge in [-0.05, 0) is 24.1 Å². The van der Waals surface area contributed by atoms with Gasteiger partial charge in [0.1, 0.15) is 0 Å². The monoisotopic (exact) mass is 256 g/mol. The lowest BCUT2D eigenvalue weighted by molar-refractivity contribution is 0.138. The van der Waals surface area contributed by atoms with E-state index in [2.05, 4.69) is 41.9 Å². The molecule has 0 fully saturated rings. The zero-order valence-electron chi connectivity index (χ0n) is 8.70. The lowest BCUT2D eigenvalue weighted by Gasteiger charge is -2.18. The van der Waals surface area contributed by atoms with E-state index >= 15 is 0 Å². The number of hydrogen-bond donors (Lipinski definition) is 1. The third-order valence-electron chi connectivity index (χ3n) is 2.54. The molecule has 0 radical (unpaired) electrons. The molecule has 1 nitrogen and oxygen atoms in total. The lowest BCUT2D eigenvalue weighted by atomic mass is 9.93. The van der Waals surface area contributed by atoms with Gasteiger partial charge in [0.2, 0.25) is 0 Å². The molecule has 78 valence electrons. The topological polar surface area (TPSA) is 20.2 Å². The van der Waals surface area contributed by atoms with E-state index in [4.69, 9.17) is 0 Å². The Morgan fingerprint density at radius 1 is 1.43 bits per heavy atom. The highest BCUT2D eigenvalue weighted by atomic mass is 79.9. The Bertz CT molecular complexity index is 285. The van der Waals surface area contributed by atoms with Gasteiger partial charge in [-0.3, -0.25) is 0 Å². The van der Waals surface area contributed by atoms with E-state index in [-0.39, 0.29) is 12.0 Å². The van der Waals surface area contributed by atoms with Crippen LogP contribution in [-0.2, 0) is 0 Å². The first-order valence-electron chi connectivity index (χ1n) is 5.08. The van der Waals surface area contributed by atoms with Gasteiger partial charge in [0.15, 0.2) is 0 Å². The van der Waals surface area contributed by atoms with Crippen molar-refractivity contribution in [1.29, 1.82) is 0 Å². The van der Waals surface area contributed by atoms with Crippen LogP contribution in [0.3, 0.4) is 0 Å². The molecule has 1 aromatic rings. The fourth-order valence-corrected chi connectivity index (χ4v) is 1.97. The van der Waals surface area contributed by atoms with Crippen LogP contribution < -0.4 is 0 Å². The maximum Gasteiger partial charge on any atom is 0.0606 e. The fraction of sp³-hybridized carbons (Fsp3) is 0.500. The van der Waals surface area contributed by atoms with Gasteiger partial charge in [0, 0.05) is 10.4 Å². The van der Waals surface area contributed by atoms with Crippen molar-refractivity contribution in [2.45, 2.75) is 38.7 Å². The molecule has 1 aromatic carbocycles. The second-order valence-corrected chi connectivity index (χ2v) is 4.62. The van der Waals surface area contributed by atoms with Crippen LogP contribution in [0.2, 0.25) is 0 Å². The molecule has 0 amide bonds. The van der Waals surface area contributed by atoms with Gasteiger partial charge in [-0.25, -0.2) is 0 Å². The minimum atomic E-state index is -0.228. The summed E-state index contributed by atoms with van der Waals surface area (Å²) in [6, 6.07) is 8.15. The highest BCUT2D eigenvalue weighted by Gasteiger charge is 2.14. The normalized spacial score (nSPS) is 15.1. The van der Waals surface area contributed by atoms with Gasteiger partial charge < -0.3 is 5.11 Å². The van der Waals surface area contributed by atoms with E-state index in [0.717, 1.165) is 17.3 Å². The summed E-state index contributed by atoms with van der Waals surface area (Å²) >= 11 is 3.44. The van der Waals surface area contributed by atoms with Crippen LogP contribution in [0.5, 0.6) is 0 Å². The quantitative estimate of drug-likeness (QED) is 0.871. The zero-order chi connectivity index (χ0) is 10.6. The minimum absolute atomic E-state index is 0.215. The van der Waals surface area contributed by atoms with Crippen LogP contribution in [0, 0.1) is 0 Å². The molecular formula is C12H17BrO. The Hall–Kier alpha value is -0.340. The van der Waals surface area contributed by atoms with Crippen LogP contribution >= 0.6 is 15.9 Å². The van der Waals surface area contributed by atoms with Gasteiger partial charge in [-0.1, -0.05) is 48.3 Å². The number of rotatable bonds is 4. The average Bonchev–Trinajstić information content (AvgIpc) is 2.17. The average molecular weight is 257 g/mol. The number of aliphatic hydroxyl groups is 1. The lowest BCUT2D eigenvalue weighted by Crippen LogP contribution is -2.15. The van der Waals surface area contributed by atoms with Crippen molar-refractivity contribution >= 4 is 15.9 Å². The molecule has 0 heterocycles. The van der Waals surface area contributed by atoms with Crippen LogP contribution in [0.1, 0.15) is 38.2 Å². The molecule has 0 saturated carbocycles. The maximum atomic E-state index is 9.85. The molecule has 14 heavy (non-hydrogen) atoms. The Morgan fingerprint density at radius 2 is 2.14 bits per heavy atom. The summed E-state index contributed by atoms with van der Waals surface area (Å²) in [5.41, 5.74) is 1.19. The summed E-state index contributed by atoms with van der Waals surface area (Å²) in [5.74, 6) is 0.215. The van der Waals surface area contributed by atoms with Crippen molar-refractivity contribution in [3.63, 3.8) is 0 Å². The SMILES string of the molecule is CCCC(O)C(C)c1cccc(Br)c1. The van der Waals surface area contributed by atoms with E-state index in [0.29, 0.717) is 0 Å². The van der Waals surface area contributed by atoms with Crippen LogP contribution in [0.25, 0.3) is 0 Å². The molecule has 1 rings (SSSR count). The second kappa shape index (κ2) is 5.52. The summed E-state index contributed by atoms with van der Waals surface area (Å²) in [7, 11) is 0. The predicted molar refractivity (Wildman–Crippen MR) is 63.5 cm³/mol. The summed E-state index contributed by atoms with van der Waals surface area (Å²) in [6.45, 7) is 4.17. The third kappa shape index (κ3) is 3.10. The smallest absolute Gasteiger partial charge is 0.0606 e. The zero-order valence-corrected chi connectivity index (χ0v) is 10.3. The molecule has 0 spiro atoms. The van der Waals surface area contributed by atoms with Crippen molar-refractivity contribution in [2.24, 2.45) is 0 Å². The van der Waals surface area contributed by atoms with Crippen LogP contribution in [-0.4, -0.2) is 11.2 Å². The highest BCUT2D eigenvalue weighted by molar-refractivity contribution is 9.10. The fourth-order valence-electron chi connectivity index (χ4n) is 1.56. The maximum absolute atomic E-state index is 9.85. The molecule has 0 bridgehead atoms. The highest BCUT2D eigenvalue weighted by Crippen LogP contribution is 2.24. The summed E-state index contributed by atoms with van der Waals surface area (Å²) in [6.07, 6.45) is 1.67. The molecular weight excluding hydrogens is 240 g/mol. The van der Waals surface area contributed by atoms with Crippen molar-refractivity contribution in [1.82, 2.24) is 0 Å². The number of hydrogen-bond acceptors (Lipinski definition) is 1. The van der Waals surface area contributed by atoms with Crippen molar-refractivity contribution in [3.05, 3.63) is 34.3 Å². The molecule has 0 aliphatic rings. The molecule has 0 aliphatic heterocycles. The molecule has 2 atom stereocenters. The Balaban J connectivity index is 2.73. The van der Waals surface area contributed by atoms with Crippen LogP contribution in [0.15, 0.2) is 28.7 Å². The van der Waals surface area contributed by atoms with Gasteiger partial charge in [-0.15, -0.1) is 0 Å². The first-order valence-corrected chi connectivity index (χ1v) is 5.88. The Kier molecular flexibility index (Phi) is 4.63. The Morgan fingerprint density at radius 3 is 2.71 bits per heavy atom. The van der Waals surface area contributed by atoms with Gasteiger partial charge in [0.05, 0.1) is 6.10 Å². The predicted octanol–water partition coefficient (Wildman–Crippen LogP) is 3.71. The van der Waals surface area contributed by atoms with Crippen LogP contribution in [0.4, 0.5) is 0 Å². The molecule has 2 unspecified atom stereocenters. The summed E-state index contributed by atoms with van der Waals surface area (Å²) in [5, 5.41) is 9.85. The molecule has 2 heteroatoms. The minimum Gasteiger partial charge on any atom is -0.393 e. The largest absolute Gasteiger partial charge is 0.393 e. The summed E-state index contributed by atoms with van der Waals surface area (Å²) in [4.78, 5) is 0. The third-order valence-corrected chi connectivity index (χ3v) is 3.03. The van der Waals surface area contributed by atoms with Crippen molar-refractivity contribution in [3.8, 4) is 0 Å². The van der Waals surface area contributed by atoms with Crippen molar-refractivity contribution < 1.29 is 5.11 Å². The summed E-state index contributed by atoms with van der Waals surface area (Å²) < 4.78 is 1.07. The number of aliphatic hydroxyl groups excluding tert-OH is 1.